The molecule has 1 amide bonds. The summed E-state index contributed by atoms with van der Waals surface area (Å²) in [6.45, 7) is 0.0961. The molecule has 0 aromatic heterocycles. The molecule has 25 heavy (non-hydrogen) atoms. The minimum absolute atomic E-state index is 0.0961. The van der Waals surface area contributed by atoms with Crippen molar-refractivity contribution in [1.29, 1.82) is 5.26 Å². The van der Waals surface area contributed by atoms with Gasteiger partial charge in [-0.1, -0.05) is 30.3 Å². The summed E-state index contributed by atoms with van der Waals surface area (Å²) in [7, 11) is 0. The Labute approximate surface area is 144 Å². The summed E-state index contributed by atoms with van der Waals surface area (Å²) in [5.74, 6) is -3.00. The van der Waals surface area contributed by atoms with Gasteiger partial charge < -0.3 is 10.4 Å². The maximum atomic E-state index is 13.7. The van der Waals surface area contributed by atoms with Crippen LogP contribution in [0.1, 0.15) is 27.9 Å². The van der Waals surface area contributed by atoms with Crippen LogP contribution >= 0.6 is 0 Å². The van der Waals surface area contributed by atoms with E-state index in [1.54, 1.807) is 0 Å². The van der Waals surface area contributed by atoms with Crippen molar-refractivity contribution in [2.24, 2.45) is 5.92 Å². The Morgan fingerprint density at radius 1 is 1.20 bits per heavy atom. The van der Waals surface area contributed by atoms with E-state index in [1.165, 1.54) is 12.1 Å². The third kappa shape index (κ3) is 5.15. The molecule has 6 heteroatoms. The average Bonchev–Trinajstić information content (AvgIpc) is 2.62. The Morgan fingerprint density at radius 3 is 2.56 bits per heavy atom. The Bertz CT molecular complexity index is 800. The van der Waals surface area contributed by atoms with Crippen LogP contribution in [0, 0.1) is 23.1 Å². The summed E-state index contributed by atoms with van der Waals surface area (Å²) in [6.07, 6.45) is 0.569. The van der Waals surface area contributed by atoms with Crippen LogP contribution in [0.5, 0.6) is 0 Å². The first kappa shape index (κ1) is 18.1. The second kappa shape index (κ2) is 8.60. The molecule has 1 unspecified atom stereocenters. The van der Waals surface area contributed by atoms with Gasteiger partial charge in [-0.05, 0) is 36.6 Å². The number of hydrogen-bond acceptors (Lipinski definition) is 3. The van der Waals surface area contributed by atoms with Crippen LogP contribution in [0.3, 0.4) is 0 Å². The zero-order valence-electron chi connectivity index (χ0n) is 13.4. The highest BCUT2D eigenvalue weighted by molar-refractivity contribution is 5.94. The molecule has 0 spiro atoms. The van der Waals surface area contributed by atoms with Gasteiger partial charge in [-0.3, -0.25) is 9.59 Å². The second-order valence-electron chi connectivity index (χ2n) is 5.58. The molecule has 0 saturated carbocycles. The molecule has 2 aromatic carbocycles. The number of nitrogens with one attached hydrogen (secondary N) is 1. The predicted molar refractivity (Wildman–Crippen MR) is 89.3 cm³/mol. The van der Waals surface area contributed by atoms with E-state index in [0.29, 0.717) is 6.42 Å². The van der Waals surface area contributed by atoms with Gasteiger partial charge in [0.05, 0.1) is 23.1 Å². The lowest BCUT2D eigenvalue weighted by Crippen LogP contribution is -2.29. The van der Waals surface area contributed by atoms with Crippen LogP contribution < -0.4 is 5.32 Å². The number of carboxylic acids is 1. The maximum Gasteiger partial charge on any atom is 0.306 e. The number of hydrogen-bond donors (Lipinski definition) is 2. The molecule has 2 aromatic rings. The van der Waals surface area contributed by atoms with E-state index in [-0.39, 0.29) is 24.1 Å². The SMILES string of the molecule is N#Cc1ccc(F)c(C(=O)NCCC(Cc2ccccc2)C(=O)O)c1. The van der Waals surface area contributed by atoms with Crippen molar-refractivity contribution in [3.05, 3.63) is 71.0 Å². The largest absolute Gasteiger partial charge is 0.481 e. The normalized spacial score (nSPS) is 11.4. The van der Waals surface area contributed by atoms with E-state index < -0.39 is 23.6 Å². The summed E-state index contributed by atoms with van der Waals surface area (Å²) in [5, 5.41) is 20.6. The highest BCUT2D eigenvalue weighted by Crippen LogP contribution is 2.13. The first-order chi connectivity index (χ1) is 12.0. The Balaban J connectivity index is 1.94. The third-order valence-electron chi connectivity index (χ3n) is 3.79. The number of carboxylic acid groups (broad SMARTS) is 1. The van der Waals surface area contributed by atoms with E-state index in [0.717, 1.165) is 11.6 Å². The number of nitrogens with zero attached hydrogens (tertiary/aromatic N) is 1. The van der Waals surface area contributed by atoms with Crippen LogP contribution in [0.15, 0.2) is 48.5 Å². The minimum Gasteiger partial charge on any atom is -0.481 e. The van der Waals surface area contributed by atoms with Gasteiger partial charge in [0.2, 0.25) is 0 Å². The van der Waals surface area contributed by atoms with Gasteiger partial charge >= 0.3 is 5.97 Å². The van der Waals surface area contributed by atoms with Gasteiger partial charge in [-0.2, -0.15) is 5.26 Å². The number of aliphatic carboxylic acids is 1. The van der Waals surface area contributed by atoms with Gasteiger partial charge in [0.15, 0.2) is 0 Å². The monoisotopic (exact) mass is 340 g/mol. The molecule has 0 radical (unpaired) electrons. The number of rotatable bonds is 7. The predicted octanol–water partition coefficient (Wildman–Crippen LogP) is 2.76. The third-order valence-corrected chi connectivity index (χ3v) is 3.79. The van der Waals surface area contributed by atoms with Crippen molar-refractivity contribution in [3.8, 4) is 6.07 Å². The number of halogens is 1. The molecule has 2 N–H and O–H groups in total. The van der Waals surface area contributed by atoms with Crippen molar-refractivity contribution in [2.75, 3.05) is 6.54 Å². The zero-order valence-corrected chi connectivity index (χ0v) is 13.4. The van der Waals surface area contributed by atoms with Crippen LogP contribution in [0.25, 0.3) is 0 Å². The molecule has 2 rings (SSSR count). The summed E-state index contributed by atoms with van der Waals surface area (Å²) in [6, 6.07) is 14.6. The van der Waals surface area contributed by atoms with Gasteiger partial charge in [0, 0.05) is 6.54 Å². The average molecular weight is 340 g/mol. The maximum absolute atomic E-state index is 13.7. The molecule has 0 aliphatic carbocycles. The quantitative estimate of drug-likeness (QED) is 0.811. The standard InChI is InChI=1S/C19H17FN2O3/c20-17-7-6-14(12-21)11-16(17)18(23)22-9-8-15(19(24)25)10-13-4-2-1-3-5-13/h1-7,11,15H,8-10H2,(H,22,23)(H,24,25). The molecule has 0 fully saturated rings. The van der Waals surface area contributed by atoms with Crippen molar-refractivity contribution >= 4 is 11.9 Å². The fraction of sp³-hybridized carbons (Fsp3) is 0.211. The Hall–Kier alpha value is -3.20. The van der Waals surface area contributed by atoms with Crippen molar-refractivity contribution in [3.63, 3.8) is 0 Å². The van der Waals surface area contributed by atoms with Crippen LogP contribution in [0.2, 0.25) is 0 Å². The number of carbonyl (C=O) groups excluding carboxylic acids is 1. The van der Waals surface area contributed by atoms with Crippen LogP contribution in [0.4, 0.5) is 4.39 Å². The van der Waals surface area contributed by atoms with E-state index >= 15 is 0 Å². The lowest BCUT2D eigenvalue weighted by Gasteiger charge is -2.13. The van der Waals surface area contributed by atoms with E-state index in [1.807, 2.05) is 36.4 Å². The van der Waals surface area contributed by atoms with E-state index in [9.17, 15) is 19.1 Å². The summed E-state index contributed by atoms with van der Waals surface area (Å²) in [4.78, 5) is 23.4. The smallest absolute Gasteiger partial charge is 0.306 e. The first-order valence-electron chi connectivity index (χ1n) is 7.76. The van der Waals surface area contributed by atoms with Gasteiger partial charge in [0.1, 0.15) is 5.82 Å². The molecule has 0 saturated heterocycles. The van der Waals surface area contributed by atoms with Gasteiger partial charge in [0.25, 0.3) is 5.91 Å². The van der Waals surface area contributed by atoms with Crippen molar-refractivity contribution < 1.29 is 19.1 Å². The molecule has 128 valence electrons. The number of nitriles is 1. The number of benzene rings is 2. The second-order valence-corrected chi connectivity index (χ2v) is 5.58. The Morgan fingerprint density at radius 2 is 1.92 bits per heavy atom. The van der Waals surface area contributed by atoms with Crippen LogP contribution in [-0.2, 0) is 11.2 Å². The summed E-state index contributed by atoms with van der Waals surface area (Å²) in [5.41, 5.74) is 0.849. The molecule has 1 atom stereocenters. The lowest BCUT2D eigenvalue weighted by molar-refractivity contribution is -0.141. The van der Waals surface area contributed by atoms with Gasteiger partial charge in [-0.15, -0.1) is 0 Å². The number of carbonyl (C=O) groups is 2. The van der Waals surface area contributed by atoms with Crippen LogP contribution in [-0.4, -0.2) is 23.5 Å². The lowest BCUT2D eigenvalue weighted by atomic mass is 9.96. The topological polar surface area (TPSA) is 90.2 Å². The minimum atomic E-state index is -0.948. The Kier molecular flexibility index (Phi) is 6.24. The molecule has 0 bridgehead atoms. The molecule has 0 aliphatic rings. The van der Waals surface area contributed by atoms with E-state index in [2.05, 4.69) is 5.32 Å². The number of amides is 1. The fourth-order valence-corrected chi connectivity index (χ4v) is 2.44. The molecule has 0 aliphatic heterocycles. The fourth-order valence-electron chi connectivity index (χ4n) is 2.44. The molecule has 5 nitrogen and oxygen atoms in total. The molecule has 0 heterocycles. The molecular formula is C19H17FN2O3. The van der Waals surface area contributed by atoms with Crippen molar-refractivity contribution in [1.82, 2.24) is 5.32 Å². The highest BCUT2D eigenvalue weighted by atomic mass is 19.1. The van der Waals surface area contributed by atoms with E-state index in [4.69, 9.17) is 5.26 Å². The molecular weight excluding hydrogens is 323 g/mol. The van der Waals surface area contributed by atoms with Gasteiger partial charge in [-0.25, -0.2) is 4.39 Å². The summed E-state index contributed by atoms with van der Waals surface area (Å²) >= 11 is 0. The van der Waals surface area contributed by atoms with Crippen molar-refractivity contribution in [2.45, 2.75) is 12.8 Å². The zero-order chi connectivity index (χ0) is 18.2. The first-order valence-corrected chi connectivity index (χ1v) is 7.76. The highest BCUT2D eigenvalue weighted by Gasteiger charge is 2.19. The summed E-state index contributed by atoms with van der Waals surface area (Å²) < 4.78 is 13.7.